The highest BCUT2D eigenvalue weighted by Crippen LogP contribution is 2.46. The number of aromatic nitrogens is 1. The van der Waals surface area contributed by atoms with E-state index in [1.165, 1.54) is 60.1 Å². The summed E-state index contributed by atoms with van der Waals surface area (Å²) < 4.78 is 8.70. The van der Waals surface area contributed by atoms with E-state index in [-0.39, 0.29) is 0 Å². The van der Waals surface area contributed by atoms with E-state index in [9.17, 15) is 0 Å². The van der Waals surface area contributed by atoms with Crippen LogP contribution in [0.25, 0.3) is 71.3 Å². The lowest BCUT2D eigenvalue weighted by molar-refractivity contribution is 0.476. The predicted octanol–water partition coefficient (Wildman–Crippen LogP) is 14.0. The third-order valence-corrected chi connectivity index (χ3v) is 10.7. The topological polar surface area (TPSA) is 17.4 Å². The second kappa shape index (κ2) is 11.7. The molecule has 0 aliphatic carbocycles. The molecule has 0 fully saturated rings. The van der Waals surface area contributed by atoms with Crippen LogP contribution in [0.15, 0.2) is 194 Å². The molecule has 248 valence electrons. The zero-order valence-corrected chi connectivity index (χ0v) is 28.8. The van der Waals surface area contributed by atoms with E-state index >= 15 is 0 Å². The van der Waals surface area contributed by atoms with Gasteiger partial charge in [-0.25, -0.2) is 0 Å². The molecule has 0 spiro atoms. The second-order valence-electron chi connectivity index (χ2n) is 13.8. The van der Waals surface area contributed by atoms with Crippen LogP contribution < -0.4 is 9.64 Å². The molecule has 0 N–H and O–H groups in total. The van der Waals surface area contributed by atoms with Crippen LogP contribution in [0.5, 0.6) is 11.5 Å². The third-order valence-electron chi connectivity index (χ3n) is 10.7. The number of fused-ring (bicyclic) bond motifs is 7. The van der Waals surface area contributed by atoms with E-state index in [0.29, 0.717) is 0 Å². The van der Waals surface area contributed by atoms with Gasteiger partial charge < -0.3 is 14.2 Å². The van der Waals surface area contributed by atoms with Crippen LogP contribution in [0.1, 0.15) is 0 Å². The average molecular weight is 677 g/mol. The predicted molar refractivity (Wildman–Crippen MR) is 221 cm³/mol. The summed E-state index contributed by atoms with van der Waals surface area (Å²) >= 11 is 0. The minimum absolute atomic E-state index is 0.878. The molecule has 0 radical (unpaired) electrons. The molecule has 9 aromatic carbocycles. The Morgan fingerprint density at radius 1 is 0.377 bits per heavy atom. The first kappa shape index (κ1) is 29.6. The van der Waals surface area contributed by atoms with E-state index in [1.807, 2.05) is 12.1 Å². The lowest BCUT2D eigenvalue weighted by atomic mass is 9.99. The molecule has 0 unspecified atom stereocenters. The first-order chi connectivity index (χ1) is 26.3. The Morgan fingerprint density at radius 3 is 1.96 bits per heavy atom. The molecular weight excluding hydrogens is 645 g/mol. The van der Waals surface area contributed by atoms with Gasteiger partial charge in [-0.2, -0.15) is 0 Å². The summed E-state index contributed by atoms with van der Waals surface area (Å²) in [6, 6.07) is 69.9. The van der Waals surface area contributed by atoms with Gasteiger partial charge >= 0.3 is 0 Å². The maximum atomic E-state index is 6.35. The van der Waals surface area contributed by atoms with Gasteiger partial charge in [-0.1, -0.05) is 127 Å². The minimum Gasteiger partial charge on any atom is -0.453 e. The fourth-order valence-electron chi connectivity index (χ4n) is 8.22. The van der Waals surface area contributed by atoms with Crippen LogP contribution >= 0.6 is 0 Å². The molecule has 0 atom stereocenters. The number of benzene rings is 9. The van der Waals surface area contributed by atoms with Crippen molar-refractivity contribution in [2.75, 3.05) is 4.90 Å². The van der Waals surface area contributed by atoms with Crippen molar-refractivity contribution < 1.29 is 4.74 Å². The SMILES string of the molecule is c1cc(-c2ccc3ccccc3c2)cc(N(c2ccc(-c3ccc4c(c3)c3cccc5c3n4-c3ccccc3O5)cc2)c2cccc3ccccc23)c1. The zero-order chi connectivity index (χ0) is 34.9. The fourth-order valence-corrected chi connectivity index (χ4v) is 8.22. The van der Waals surface area contributed by atoms with Gasteiger partial charge in [0.15, 0.2) is 11.5 Å². The molecule has 3 nitrogen and oxygen atoms in total. The molecule has 0 saturated carbocycles. The highest BCUT2D eigenvalue weighted by Gasteiger charge is 2.23. The maximum absolute atomic E-state index is 6.35. The number of anilines is 3. The summed E-state index contributed by atoms with van der Waals surface area (Å²) in [6.45, 7) is 0. The molecule has 0 bridgehead atoms. The second-order valence-corrected chi connectivity index (χ2v) is 13.8. The maximum Gasteiger partial charge on any atom is 0.152 e. The number of hydrogen-bond acceptors (Lipinski definition) is 2. The number of ether oxygens (including phenoxy) is 1. The van der Waals surface area contributed by atoms with E-state index in [2.05, 4.69) is 191 Å². The van der Waals surface area contributed by atoms with E-state index in [0.717, 1.165) is 39.8 Å². The normalized spacial score (nSPS) is 11.9. The van der Waals surface area contributed by atoms with E-state index in [4.69, 9.17) is 4.74 Å². The molecule has 0 saturated heterocycles. The fraction of sp³-hybridized carbons (Fsp3) is 0. The third kappa shape index (κ3) is 4.75. The number of rotatable bonds is 5. The van der Waals surface area contributed by atoms with Crippen molar-refractivity contribution >= 4 is 60.4 Å². The lowest BCUT2D eigenvalue weighted by Gasteiger charge is -2.27. The molecule has 53 heavy (non-hydrogen) atoms. The van der Waals surface area contributed by atoms with Gasteiger partial charge in [-0.3, -0.25) is 0 Å². The molecule has 1 aliphatic heterocycles. The Balaban J connectivity index is 1.03. The van der Waals surface area contributed by atoms with Crippen LogP contribution in [-0.4, -0.2) is 4.57 Å². The smallest absolute Gasteiger partial charge is 0.152 e. The summed E-state index contributed by atoms with van der Waals surface area (Å²) in [4.78, 5) is 2.39. The van der Waals surface area contributed by atoms with Gasteiger partial charge in [-0.05, 0) is 105 Å². The van der Waals surface area contributed by atoms with Gasteiger partial charge in [0.05, 0.1) is 22.4 Å². The Bertz CT molecular complexity index is 3040. The summed E-state index contributed by atoms with van der Waals surface area (Å²) in [7, 11) is 0. The van der Waals surface area contributed by atoms with Crippen molar-refractivity contribution in [3.8, 4) is 39.4 Å². The van der Waals surface area contributed by atoms with Gasteiger partial charge in [0.25, 0.3) is 0 Å². The molecule has 0 amide bonds. The number of para-hydroxylation sites is 3. The van der Waals surface area contributed by atoms with Gasteiger partial charge in [0, 0.05) is 27.5 Å². The van der Waals surface area contributed by atoms with Crippen LogP contribution in [0, 0.1) is 0 Å². The summed E-state index contributed by atoms with van der Waals surface area (Å²) in [5.41, 5.74) is 11.4. The van der Waals surface area contributed by atoms with Crippen LogP contribution in [-0.2, 0) is 0 Å². The highest BCUT2D eigenvalue weighted by atomic mass is 16.5. The molecule has 11 rings (SSSR count). The molecule has 10 aromatic rings. The largest absolute Gasteiger partial charge is 0.453 e. The van der Waals surface area contributed by atoms with Crippen molar-refractivity contribution in [1.82, 2.24) is 4.57 Å². The number of hydrogen-bond donors (Lipinski definition) is 0. The van der Waals surface area contributed by atoms with Gasteiger partial charge in [0.1, 0.15) is 0 Å². The Labute approximate surface area is 307 Å². The zero-order valence-electron chi connectivity index (χ0n) is 28.8. The molecule has 2 heterocycles. The summed E-state index contributed by atoms with van der Waals surface area (Å²) in [6.07, 6.45) is 0. The van der Waals surface area contributed by atoms with Crippen molar-refractivity contribution in [2.24, 2.45) is 0 Å². The molecular formula is C50H32N2O. The standard InChI is InChI=1S/C50H32N2O/c1-2-12-36-30-38(23-22-33(36)10-1)37-14-7-15-41(31-37)51(45-19-8-13-35-11-3-4-16-42(35)45)40-27-24-34(25-28-40)39-26-29-46-44(32-39)43-17-9-21-49-50(43)52(46)47-18-5-6-20-48(47)53-49/h1-32H. The molecule has 3 heteroatoms. The van der Waals surface area contributed by atoms with E-state index in [1.54, 1.807) is 0 Å². The van der Waals surface area contributed by atoms with Crippen LogP contribution in [0.3, 0.4) is 0 Å². The first-order valence-corrected chi connectivity index (χ1v) is 18.1. The quantitative estimate of drug-likeness (QED) is 0.181. The first-order valence-electron chi connectivity index (χ1n) is 18.1. The average Bonchev–Trinajstić information content (AvgIpc) is 3.56. The van der Waals surface area contributed by atoms with E-state index < -0.39 is 0 Å². The summed E-state index contributed by atoms with van der Waals surface area (Å²) in [5.74, 6) is 1.77. The lowest BCUT2D eigenvalue weighted by Crippen LogP contribution is -2.10. The Morgan fingerprint density at radius 2 is 1.04 bits per heavy atom. The van der Waals surface area contributed by atoms with Gasteiger partial charge in [0.2, 0.25) is 0 Å². The molecule has 1 aromatic heterocycles. The Kier molecular flexibility index (Phi) is 6.55. The monoisotopic (exact) mass is 676 g/mol. The number of nitrogens with zero attached hydrogens (tertiary/aromatic N) is 2. The summed E-state index contributed by atoms with van der Waals surface area (Å²) in [5, 5.41) is 7.32. The van der Waals surface area contributed by atoms with Crippen molar-refractivity contribution in [1.29, 1.82) is 0 Å². The Hall–Kier alpha value is -7.10. The minimum atomic E-state index is 0.878. The molecule has 1 aliphatic rings. The van der Waals surface area contributed by atoms with Crippen LogP contribution in [0.2, 0.25) is 0 Å². The van der Waals surface area contributed by atoms with Crippen molar-refractivity contribution in [3.05, 3.63) is 194 Å². The van der Waals surface area contributed by atoms with Crippen LogP contribution in [0.4, 0.5) is 17.1 Å². The van der Waals surface area contributed by atoms with Crippen molar-refractivity contribution in [2.45, 2.75) is 0 Å². The van der Waals surface area contributed by atoms with Crippen molar-refractivity contribution in [3.63, 3.8) is 0 Å². The van der Waals surface area contributed by atoms with Gasteiger partial charge in [-0.15, -0.1) is 0 Å². The highest BCUT2D eigenvalue weighted by molar-refractivity contribution is 6.13.